The first kappa shape index (κ1) is 10.5. The quantitative estimate of drug-likeness (QED) is 0.819. The summed E-state index contributed by atoms with van der Waals surface area (Å²) in [6.45, 7) is 4.35. The summed E-state index contributed by atoms with van der Waals surface area (Å²) in [7, 11) is 1.73. The molecule has 1 aliphatic heterocycles. The van der Waals surface area contributed by atoms with Crippen LogP contribution in [0.5, 0.6) is 5.75 Å². The van der Waals surface area contributed by atoms with Crippen LogP contribution in [0.1, 0.15) is 36.8 Å². The van der Waals surface area contributed by atoms with Gasteiger partial charge in [0.25, 0.3) is 0 Å². The fourth-order valence-electron chi connectivity index (χ4n) is 2.34. The minimum Gasteiger partial charge on any atom is -0.497 e. The van der Waals surface area contributed by atoms with E-state index in [1.54, 1.807) is 7.11 Å². The van der Waals surface area contributed by atoms with Gasteiger partial charge in [0.15, 0.2) is 0 Å². The fraction of sp³-hybridized carbons (Fsp3) is 0.538. The third-order valence-corrected chi connectivity index (χ3v) is 3.14. The van der Waals surface area contributed by atoms with Gasteiger partial charge in [-0.2, -0.15) is 0 Å². The highest BCUT2D eigenvalue weighted by molar-refractivity contribution is 5.39. The van der Waals surface area contributed by atoms with Gasteiger partial charge in [0, 0.05) is 13.1 Å². The zero-order valence-electron chi connectivity index (χ0n) is 9.55. The molecule has 1 aliphatic rings. The van der Waals surface area contributed by atoms with Crippen molar-refractivity contribution in [3.63, 3.8) is 0 Å². The molecule has 0 fully saturated rings. The average Bonchev–Trinajstić information content (AvgIpc) is 2.29. The summed E-state index contributed by atoms with van der Waals surface area (Å²) < 4.78 is 5.29. The Bertz CT molecular complexity index is 335. The lowest BCUT2D eigenvalue weighted by atomic mass is 9.87. The van der Waals surface area contributed by atoms with E-state index in [1.807, 2.05) is 0 Å². The van der Waals surface area contributed by atoms with E-state index in [1.165, 1.54) is 24.0 Å². The molecule has 82 valence electrons. The molecule has 0 bridgehead atoms. The maximum atomic E-state index is 5.29. The molecule has 0 amide bonds. The molecule has 0 spiro atoms. The Morgan fingerprint density at radius 3 is 3.07 bits per heavy atom. The van der Waals surface area contributed by atoms with Gasteiger partial charge in [-0.1, -0.05) is 19.4 Å². The summed E-state index contributed by atoms with van der Waals surface area (Å²) in [5, 5.41) is 3.47. The maximum absolute atomic E-state index is 5.29. The zero-order valence-corrected chi connectivity index (χ0v) is 9.55. The normalized spacial score (nSPS) is 19.7. The molecule has 2 rings (SSSR count). The Morgan fingerprint density at radius 1 is 1.47 bits per heavy atom. The molecular weight excluding hydrogens is 186 g/mol. The van der Waals surface area contributed by atoms with Crippen LogP contribution in [0, 0.1) is 0 Å². The molecule has 1 N–H and O–H groups in total. The van der Waals surface area contributed by atoms with Crippen LogP contribution in [0.15, 0.2) is 18.2 Å². The van der Waals surface area contributed by atoms with Gasteiger partial charge in [-0.15, -0.1) is 0 Å². The summed E-state index contributed by atoms with van der Waals surface area (Å²) >= 11 is 0. The standard InChI is InChI=1S/C13H19NO/c1-3-4-10-8-14-9-11-5-6-12(15-2)7-13(10)11/h5-7,10,14H,3-4,8-9H2,1-2H3. The summed E-state index contributed by atoms with van der Waals surface area (Å²) in [6.07, 6.45) is 2.50. The van der Waals surface area contributed by atoms with Crippen molar-refractivity contribution in [3.05, 3.63) is 29.3 Å². The van der Waals surface area contributed by atoms with E-state index in [0.717, 1.165) is 18.8 Å². The molecular formula is C13H19NO. The Kier molecular flexibility index (Phi) is 3.27. The fourth-order valence-corrected chi connectivity index (χ4v) is 2.34. The minimum atomic E-state index is 0.661. The van der Waals surface area contributed by atoms with E-state index in [4.69, 9.17) is 4.74 Å². The van der Waals surface area contributed by atoms with E-state index in [9.17, 15) is 0 Å². The van der Waals surface area contributed by atoms with Crippen LogP contribution in [0.3, 0.4) is 0 Å². The van der Waals surface area contributed by atoms with Crippen LogP contribution in [0.2, 0.25) is 0 Å². The second-order valence-corrected chi connectivity index (χ2v) is 4.18. The molecule has 0 radical (unpaired) electrons. The van der Waals surface area contributed by atoms with Crippen LogP contribution < -0.4 is 10.1 Å². The molecule has 15 heavy (non-hydrogen) atoms. The molecule has 2 heteroatoms. The molecule has 1 aromatic rings. The topological polar surface area (TPSA) is 21.3 Å². The molecule has 0 saturated heterocycles. The third-order valence-electron chi connectivity index (χ3n) is 3.14. The number of methoxy groups -OCH3 is 1. The van der Waals surface area contributed by atoms with Crippen molar-refractivity contribution in [1.82, 2.24) is 5.32 Å². The van der Waals surface area contributed by atoms with Gasteiger partial charge in [0.05, 0.1) is 7.11 Å². The van der Waals surface area contributed by atoms with Gasteiger partial charge < -0.3 is 10.1 Å². The molecule has 0 saturated carbocycles. The number of benzene rings is 1. The second-order valence-electron chi connectivity index (χ2n) is 4.18. The van der Waals surface area contributed by atoms with Crippen molar-refractivity contribution in [3.8, 4) is 5.75 Å². The molecule has 2 nitrogen and oxygen atoms in total. The first-order chi connectivity index (χ1) is 7.35. The van der Waals surface area contributed by atoms with Gasteiger partial charge in [-0.05, 0) is 35.6 Å². The van der Waals surface area contributed by atoms with Gasteiger partial charge in [-0.3, -0.25) is 0 Å². The molecule has 0 aromatic heterocycles. The summed E-state index contributed by atoms with van der Waals surface area (Å²) in [4.78, 5) is 0. The predicted molar refractivity (Wildman–Crippen MR) is 62.3 cm³/mol. The Labute approximate surface area is 91.6 Å². The van der Waals surface area contributed by atoms with E-state index < -0.39 is 0 Å². The van der Waals surface area contributed by atoms with Crippen LogP contribution in [-0.4, -0.2) is 13.7 Å². The van der Waals surface area contributed by atoms with Crippen LogP contribution in [-0.2, 0) is 6.54 Å². The predicted octanol–water partition coefficient (Wildman–Crippen LogP) is 2.68. The Morgan fingerprint density at radius 2 is 2.33 bits per heavy atom. The largest absolute Gasteiger partial charge is 0.497 e. The van der Waals surface area contributed by atoms with Crippen LogP contribution in [0.25, 0.3) is 0 Å². The van der Waals surface area contributed by atoms with Crippen molar-refractivity contribution in [1.29, 1.82) is 0 Å². The lowest BCUT2D eigenvalue weighted by Crippen LogP contribution is -2.28. The molecule has 1 unspecified atom stereocenters. The van der Waals surface area contributed by atoms with Gasteiger partial charge in [0.1, 0.15) is 5.75 Å². The highest BCUT2D eigenvalue weighted by Gasteiger charge is 2.19. The van der Waals surface area contributed by atoms with Crippen molar-refractivity contribution in [2.45, 2.75) is 32.2 Å². The number of hydrogen-bond donors (Lipinski definition) is 1. The summed E-state index contributed by atoms with van der Waals surface area (Å²) in [5.41, 5.74) is 2.91. The summed E-state index contributed by atoms with van der Waals surface area (Å²) in [6, 6.07) is 6.44. The molecule has 0 aliphatic carbocycles. The van der Waals surface area contributed by atoms with E-state index >= 15 is 0 Å². The first-order valence-electron chi connectivity index (χ1n) is 5.72. The number of fused-ring (bicyclic) bond motifs is 1. The molecule has 1 heterocycles. The maximum Gasteiger partial charge on any atom is 0.119 e. The van der Waals surface area contributed by atoms with Crippen molar-refractivity contribution in [2.24, 2.45) is 0 Å². The van der Waals surface area contributed by atoms with Gasteiger partial charge >= 0.3 is 0 Å². The summed E-state index contributed by atoms with van der Waals surface area (Å²) in [5.74, 6) is 1.64. The van der Waals surface area contributed by atoms with Gasteiger partial charge in [-0.25, -0.2) is 0 Å². The van der Waals surface area contributed by atoms with Crippen LogP contribution in [0.4, 0.5) is 0 Å². The SMILES string of the molecule is CCCC1CNCc2ccc(OC)cc21. The van der Waals surface area contributed by atoms with E-state index in [0.29, 0.717) is 5.92 Å². The average molecular weight is 205 g/mol. The monoisotopic (exact) mass is 205 g/mol. The number of nitrogens with one attached hydrogen (secondary N) is 1. The van der Waals surface area contributed by atoms with Gasteiger partial charge in [0.2, 0.25) is 0 Å². The smallest absolute Gasteiger partial charge is 0.119 e. The Balaban J connectivity index is 2.30. The van der Waals surface area contributed by atoms with E-state index in [-0.39, 0.29) is 0 Å². The zero-order chi connectivity index (χ0) is 10.7. The molecule has 1 aromatic carbocycles. The van der Waals surface area contributed by atoms with Crippen LogP contribution >= 0.6 is 0 Å². The lowest BCUT2D eigenvalue weighted by molar-refractivity contribution is 0.411. The molecule has 1 atom stereocenters. The minimum absolute atomic E-state index is 0.661. The van der Waals surface area contributed by atoms with E-state index in [2.05, 4.69) is 30.4 Å². The highest BCUT2D eigenvalue weighted by atomic mass is 16.5. The lowest BCUT2D eigenvalue weighted by Gasteiger charge is -2.26. The first-order valence-corrected chi connectivity index (χ1v) is 5.72. The highest BCUT2D eigenvalue weighted by Crippen LogP contribution is 2.30. The number of rotatable bonds is 3. The number of hydrogen-bond acceptors (Lipinski definition) is 2. The van der Waals surface area contributed by atoms with Crippen molar-refractivity contribution < 1.29 is 4.74 Å². The third kappa shape index (κ3) is 2.15. The van der Waals surface area contributed by atoms with Crippen molar-refractivity contribution in [2.75, 3.05) is 13.7 Å². The number of ether oxygens (including phenoxy) is 1. The second kappa shape index (κ2) is 4.67. The van der Waals surface area contributed by atoms with Crippen molar-refractivity contribution >= 4 is 0 Å². The Hall–Kier alpha value is -1.02.